The molecule has 154 valence electrons. The number of carbonyl (C=O) groups is 1. The first-order valence-corrected chi connectivity index (χ1v) is 10.5. The summed E-state index contributed by atoms with van der Waals surface area (Å²) in [4.78, 5) is 14.3. The SMILES string of the molecule is O=C(NC1CCN(Cc2nnn3c2CO[C@@H](c2ccc(F)cc2)C3)CC1)C1CC1. The van der Waals surface area contributed by atoms with Crippen LogP contribution in [0.2, 0.25) is 0 Å². The number of nitrogens with one attached hydrogen (secondary N) is 1. The summed E-state index contributed by atoms with van der Waals surface area (Å²) in [7, 11) is 0. The molecule has 1 saturated heterocycles. The van der Waals surface area contributed by atoms with E-state index in [1.54, 1.807) is 12.1 Å². The van der Waals surface area contributed by atoms with E-state index in [0.717, 1.165) is 62.3 Å². The summed E-state index contributed by atoms with van der Waals surface area (Å²) in [6.07, 6.45) is 3.92. The first-order chi connectivity index (χ1) is 14.2. The van der Waals surface area contributed by atoms with Gasteiger partial charge in [0.05, 0.1) is 18.8 Å². The summed E-state index contributed by atoms with van der Waals surface area (Å²) in [6, 6.07) is 6.73. The first-order valence-electron chi connectivity index (χ1n) is 10.5. The number of aromatic nitrogens is 3. The summed E-state index contributed by atoms with van der Waals surface area (Å²) < 4.78 is 21.1. The Morgan fingerprint density at radius 3 is 2.66 bits per heavy atom. The minimum absolute atomic E-state index is 0.136. The fraction of sp³-hybridized carbons (Fsp3) is 0.571. The molecule has 2 fully saturated rings. The Hall–Kier alpha value is -2.32. The number of benzene rings is 1. The molecular weight excluding hydrogens is 373 g/mol. The lowest BCUT2D eigenvalue weighted by molar-refractivity contribution is -0.123. The van der Waals surface area contributed by atoms with E-state index in [1.807, 2.05) is 4.68 Å². The lowest BCUT2D eigenvalue weighted by Gasteiger charge is -2.32. The summed E-state index contributed by atoms with van der Waals surface area (Å²) in [5.74, 6) is 0.266. The molecule has 1 aromatic heterocycles. The number of carbonyl (C=O) groups excluding carboxylic acids is 1. The molecule has 0 radical (unpaired) electrons. The minimum Gasteiger partial charge on any atom is -0.365 e. The van der Waals surface area contributed by atoms with E-state index < -0.39 is 0 Å². The van der Waals surface area contributed by atoms with Gasteiger partial charge in [0, 0.05) is 31.6 Å². The van der Waals surface area contributed by atoms with Gasteiger partial charge >= 0.3 is 0 Å². The average molecular weight is 399 g/mol. The molecular formula is C21H26FN5O2. The Morgan fingerprint density at radius 2 is 1.93 bits per heavy atom. The normalized spacial score (nSPS) is 23.0. The molecule has 5 rings (SSSR count). The fourth-order valence-corrected chi connectivity index (χ4v) is 4.18. The van der Waals surface area contributed by atoms with Crippen LogP contribution < -0.4 is 5.32 Å². The van der Waals surface area contributed by atoms with Crippen molar-refractivity contribution in [2.45, 2.75) is 57.5 Å². The molecule has 3 heterocycles. The highest BCUT2D eigenvalue weighted by atomic mass is 19.1. The van der Waals surface area contributed by atoms with E-state index in [2.05, 4.69) is 20.5 Å². The van der Waals surface area contributed by atoms with Crippen LogP contribution in [0.1, 0.15) is 48.7 Å². The number of halogens is 1. The van der Waals surface area contributed by atoms with E-state index in [-0.39, 0.29) is 23.7 Å². The van der Waals surface area contributed by atoms with E-state index in [0.29, 0.717) is 19.2 Å². The van der Waals surface area contributed by atoms with Crippen LogP contribution in [0.4, 0.5) is 4.39 Å². The number of hydrogen-bond acceptors (Lipinski definition) is 5. The zero-order valence-corrected chi connectivity index (χ0v) is 16.4. The number of amides is 1. The molecule has 29 heavy (non-hydrogen) atoms. The van der Waals surface area contributed by atoms with Crippen molar-refractivity contribution < 1.29 is 13.9 Å². The molecule has 2 aliphatic heterocycles. The Bertz CT molecular complexity index is 872. The van der Waals surface area contributed by atoms with Crippen molar-refractivity contribution in [3.8, 4) is 0 Å². The Kier molecular flexibility index (Phi) is 5.05. The second-order valence-corrected chi connectivity index (χ2v) is 8.35. The zero-order chi connectivity index (χ0) is 19.8. The quantitative estimate of drug-likeness (QED) is 0.834. The highest BCUT2D eigenvalue weighted by molar-refractivity contribution is 5.81. The monoisotopic (exact) mass is 399 g/mol. The predicted molar refractivity (Wildman–Crippen MR) is 103 cm³/mol. The van der Waals surface area contributed by atoms with Crippen LogP contribution in [-0.2, 0) is 29.2 Å². The van der Waals surface area contributed by atoms with Crippen LogP contribution in [0.15, 0.2) is 24.3 Å². The molecule has 1 aromatic carbocycles. The number of hydrogen-bond donors (Lipinski definition) is 1. The van der Waals surface area contributed by atoms with Crippen molar-refractivity contribution in [3.05, 3.63) is 47.0 Å². The van der Waals surface area contributed by atoms with Gasteiger partial charge < -0.3 is 10.1 Å². The van der Waals surface area contributed by atoms with Gasteiger partial charge in [-0.15, -0.1) is 5.10 Å². The van der Waals surface area contributed by atoms with Gasteiger partial charge in [-0.2, -0.15) is 0 Å². The van der Waals surface area contributed by atoms with Gasteiger partial charge in [-0.1, -0.05) is 17.3 Å². The molecule has 1 N–H and O–H groups in total. The van der Waals surface area contributed by atoms with Crippen molar-refractivity contribution in [3.63, 3.8) is 0 Å². The van der Waals surface area contributed by atoms with E-state index in [4.69, 9.17) is 4.74 Å². The third-order valence-corrected chi connectivity index (χ3v) is 6.18. The van der Waals surface area contributed by atoms with E-state index in [1.165, 1.54) is 12.1 Å². The molecule has 1 amide bonds. The van der Waals surface area contributed by atoms with Gasteiger partial charge in [-0.25, -0.2) is 9.07 Å². The highest BCUT2D eigenvalue weighted by Crippen LogP contribution is 2.30. The molecule has 7 nitrogen and oxygen atoms in total. The number of rotatable bonds is 5. The molecule has 1 saturated carbocycles. The molecule has 3 aliphatic rings. The lowest BCUT2D eigenvalue weighted by Crippen LogP contribution is -2.44. The van der Waals surface area contributed by atoms with Crippen molar-refractivity contribution in [1.29, 1.82) is 0 Å². The summed E-state index contributed by atoms with van der Waals surface area (Å²) >= 11 is 0. The predicted octanol–water partition coefficient (Wildman–Crippen LogP) is 2.18. The van der Waals surface area contributed by atoms with Gasteiger partial charge in [-0.05, 0) is 43.4 Å². The molecule has 1 atom stereocenters. The van der Waals surface area contributed by atoms with Crippen molar-refractivity contribution in [2.24, 2.45) is 5.92 Å². The third kappa shape index (κ3) is 4.18. The molecule has 8 heteroatoms. The van der Waals surface area contributed by atoms with Gasteiger partial charge in [0.15, 0.2) is 0 Å². The number of ether oxygens (including phenoxy) is 1. The van der Waals surface area contributed by atoms with Gasteiger partial charge in [0.2, 0.25) is 5.91 Å². The van der Waals surface area contributed by atoms with Crippen LogP contribution in [0, 0.1) is 11.7 Å². The maximum Gasteiger partial charge on any atom is 0.223 e. The average Bonchev–Trinajstić information content (AvgIpc) is 3.52. The van der Waals surface area contributed by atoms with Crippen LogP contribution >= 0.6 is 0 Å². The number of nitrogens with zero attached hydrogens (tertiary/aromatic N) is 4. The van der Waals surface area contributed by atoms with Crippen LogP contribution in [0.5, 0.6) is 0 Å². The van der Waals surface area contributed by atoms with Gasteiger partial charge in [0.1, 0.15) is 17.6 Å². The van der Waals surface area contributed by atoms with Gasteiger partial charge in [-0.3, -0.25) is 9.69 Å². The van der Waals surface area contributed by atoms with E-state index >= 15 is 0 Å². The van der Waals surface area contributed by atoms with E-state index in [9.17, 15) is 9.18 Å². The molecule has 1 aliphatic carbocycles. The second-order valence-electron chi connectivity index (χ2n) is 8.35. The Morgan fingerprint density at radius 1 is 1.17 bits per heavy atom. The molecule has 0 unspecified atom stereocenters. The number of fused-ring (bicyclic) bond motifs is 1. The Labute approximate surface area is 169 Å². The third-order valence-electron chi connectivity index (χ3n) is 6.18. The lowest BCUT2D eigenvalue weighted by atomic mass is 10.0. The number of likely N-dealkylation sites (tertiary alicyclic amines) is 1. The fourth-order valence-electron chi connectivity index (χ4n) is 4.18. The topological polar surface area (TPSA) is 72.3 Å². The first kappa shape index (κ1) is 18.7. The second kappa shape index (κ2) is 7.84. The number of piperidine rings is 1. The van der Waals surface area contributed by atoms with Crippen LogP contribution in [-0.4, -0.2) is 44.9 Å². The molecule has 0 bridgehead atoms. The molecule has 2 aromatic rings. The van der Waals surface area contributed by atoms with Crippen LogP contribution in [0.25, 0.3) is 0 Å². The van der Waals surface area contributed by atoms with Crippen LogP contribution in [0.3, 0.4) is 0 Å². The smallest absolute Gasteiger partial charge is 0.223 e. The maximum absolute atomic E-state index is 13.1. The van der Waals surface area contributed by atoms with Crippen molar-refractivity contribution in [1.82, 2.24) is 25.2 Å². The van der Waals surface area contributed by atoms with Crippen molar-refractivity contribution in [2.75, 3.05) is 13.1 Å². The van der Waals surface area contributed by atoms with Crippen molar-refractivity contribution >= 4 is 5.91 Å². The standard InChI is InChI=1S/C21H26FN5O2/c22-16-5-3-14(4-6-16)20-12-27-19(13-29-20)18(24-25-27)11-26-9-7-17(8-10-26)23-21(28)15-1-2-15/h3-6,15,17,20H,1-2,7-13H2,(H,23,28)/t20-/m1/s1. The Balaban J connectivity index is 1.16. The summed E-state index contributed by atoms with van der Waals surface area (Å²) in [5.41, 5.74) is 2.93. The highest BCUT2D eigenvalue weighted by Gasteiger charge is 2.32. The zero-order valence-electron chi connectivity index (χ0n) is 16.4. The molecule has 0 spiro atoms. The van der Waals surface area contributed by atoms with Gasteiger partial charge in [0.25, 0.3) is 0 Å². The largest absolute Gasteiger partial charge is 0.365 e. The summed E-state index contributed by atoms with van der Waals surface area (Å²) in [6.45, 7) is 3.69. The minimum atomic E-state index is -0.246. The maximum atomic E-state index is 13.1. The summed E-state index contributed by atoms with van der Waals surface area (Å²) in [5, 5.41) is 11.9.